The van der Waals surface area contributed by atoms with Gasteiger partial charge >= 0.3 is 0 Å². The van der Waals surface area contributed by atoms with E-state index in [1.807, 2.05) is 24.3 Å². The maximum absolute atomic E-state index is 12.2. The molecule has 25 heavy (non-hydrogen) atoms. The Hall–Kier alpha value is -2.04. The molecule has 0 bridgehead atoms. The fourth-order valence-electron chi connectivity index (χ4n) is 2.17. The number of hydrogen-bond acceptors (Lipinski definition) is 7. The van der Waals surface area contributed by atoms with Crippen molar-refractivity contribution in [2.45, 2.75) is 31.7 Å². The first kappa shape index (κ1) is 19.3. The van der Waals surface area contributed by atoms with Gasteiger partial charge in [-0.05, 0) is 31.5 Å². The fourth-order valence-corrected chi connectivity index (χ4v) is 4.18. The number of carbonyl (C=O) groups is 1. The summed E-state index contributed by atoms with van der Waals surface area (Å²) < 4.78 is 26.8. The number of carbonyl (C=O) groups excluding carboxylic acids is 1. The van der Waals surface area contributed by atoms with Gasteiger partial charge in [-0.2, -0.15) is 0 Å². The highest BCUT2D eigenvalue weighted by Gasteiger charge is 2.20. The van der Waals surface area contributed by atoms with Crippen LogP contribution in [0.2, 0.25) is 0 Å². The average Bonchev–Trinajstić information content (AvgIpc) is 3.04. The van der Waals surface area contributed by atoms with E-state index in [0.717, 1.165) is 35.7 Å². The van der Waals surface area contributed by atoms with E-state index in [1.165, 1.54) is 6.92 Å². The summed E-state index contributed by atoms with van der Waals surface area (Å²) in [6, 6.07) is 7.71. The molecule has 0 fully saturated rings. The van der Waals surface area contributed by atoms with Crippen LogP contribution in [0.1, 0.15) is 26.3 Å². The van der Waals surface area contributed by atoms with Crippen LogP contribution in [0.15, 0.2) is 28.6 Å². The van der Waals surface area contributed by atoms with E-state index >= 15 is 0 Å². The number of nitrogens with zero attached hydrogens (tertiary/aromatic N) is 3. The Kier molecular flexibility index (Phi) is 6.45. The zero-order chi connectivity index (χ0) is 18.4. The molecule has 1 aromatic heterocycles. The Labute approximate surface area is 151 Å². The lowest BCUT2D eigenvalue weighted by molar-refractivity contribution is -0.114. The number of anilines is 2. The van der Waals surface area contributed by atoms with E-state index in [9.17, 15) is 13.2 Å². The zero-order valence-corrected chi connectivity index (χ0v) is 15.9. The highest BCUT2D eigenvalue weighted by atomic mass is 32.2. The Morgan fingerprint density at radius 2 is 1.80 bits per heavy atom. The van der Waals surface area contributed by atoms with E-state index < -0.39 is 10.0 Å². The fraction of sp³-hybridized carbons (Fsp3) is 0.400. The molecule has 2 aromatic rings. The lowest BCUT2D eigenvalue weighted by atomic mass is 10.2. The first-order valence-electron chi connectivity index (χ1n) is 7.80. The standard InChI is InChI=1S/C15H21N5O3S2/c1-4-20(5-2)13-8-6-12(7-9-13)10-16-25(22,23)15-19-18-14(24-15)17-11(3)21/h6-9,16H,4-5,10H2,1-3H3,(H,17,18,21). The van der Waals surface area contributed by atoms with Gasteiger partial charge in [-0.15, -0.1) is 10.2 Å². The van der Waals surface area contributed by atoms with E-state index in [0.29, 0.717) is 0 Å². The SMILES string of the molecule is CCN(CC)c1ccc(CNS(=O)(=O)c2nnc(NC(C)=O)s2)cc1. The molecule has 10 heteroatoms. The molecule has 2 N–H and O–H groups in total. The molecule has 0 aliphatic rings. The quantitative estimate of drug-likeness (QED) is 0.674. The highest BCUT2D eigenvalue weighted by Crippen LogP contribution is 2.20. The second-order valence-corrected chi connectivity index (χ2v) is 8.14. The van der Waals surface area contributed by atoms with Gasteiger partial charge in [0.05, 0.1) is 0 Å². The van der Waals surface area contributed by atoms with Crippen LogP contribution in [-0.4, -0.2) is 37.6 Å². The normalized spacial score (nSPS) is 11.3. The minimum Gasteiger partial charge on any atom is -0.372 e. The van der Waals surface area contributed by atoms with Crippen molar-refractivity contribution in [1.82, 2.24) is 14.9 Å². The number of sulfonamides is 1. The Balaban J connectivity index is 2.02. The van der Waals surface area contributed by atoms with Gasteiger partial charge in [0.2, 0.25) is 15.4 Å². The maximum Gasteiger partial charge on any atom is 0.270 e. The van der Waals surface area contributed by atoms with Crippen molar-refractivity contribution >= 4 is 38.1 Å². The van der Waals surface area contributed by atoms with Crippen molar-refractivity contribution in [2.75, 3.05) is 23.3 Å². The van der Waals surface area contributed by atoms with Crippen LogP contribution in [-0.2, 0) is 21.4 Å². The smallest absolute Gasteiger partial charge is 0.270 e. The monoisotopic (exact) mass is 383 g/mol. The Morgan fingerprint density at radius 1 is 1.16 bits per heavy atom. The molecule has 0 spiro atoms. The minimum atomic E-state index is -3.78. The molecular weight excluding hydrogens is 362 g/mol. The average molecular weight is 383 g/mol. The summed E-state index contributed by atoms with van der Waals surface area (Å²) in [5.74, 6) is -0.332. The number of nitrogens with one attached hydrogen (secondary N) is 2. The molecular formula is C15H21N5O3S2. The molecule has 0 aliphatic carbocycles. The summed E-state index contributed by atoms with van der Waals surface area (Å²) in [7, 11) is -3.78. The molecule has 0 unspecified atom stereocenters. The highest BCUT2D eigenvalue weighted by molar-refractivity contribution is 7.91. The summed E-state index contributed by atoms with van der Waals surface area (Å²) in [5.41, 5.74) is 1.94. The van der Waals surface area contributed by atoms with E-state index in [4.69, 9.17) is 0 Å². The van der Waals surface area contributed by atoms with Gasteiger partial charge in [0, 0.05) is 32.2 Å². The van der Waals surface area contributed by atoms with Gasteiger partial charge in [-0.1, -0.05) is 23.5 Å². The second kappa shape index (κ2) is 8.37. The largest absolute Gasteiger partial charge is 0.372 e. The van der Waals surface area contributed by atoms with Crippen molar-refractivity contribution in [1.29, 1.82) is 0 Å². The molecule has 0 aliphatic heterocycles. The number of amides is 1. The lowest BCUT2D eigenvalue weighted by Crippen LogP contribution is -2.23. The van der Waals surface area contributed by atoms with Crippen LogP contribution in [0.4, 0.5) is 10.8 Å². The molecule has 1 aromatic carbocycles. The van der Waals surface area contributed by atoms with Crippen molar-refractivity contribution < 1.29 is 13.2 Å². The number of rotatable bonds is 8. The Morgan fingerprint density at radius 3 is 2.36 bits per heavy atom. The molecule has 136 valence electrons. The molecule has 8 nitrogen and oxygen atoms in total. The minimum absolute atomic E-state index is 0.149. The van der Waals surface area contributed by atoms with Crippen molar-refractivity contribution in [3.63, 3.8) is 0 Å². The van der Waals surface area contributed by atoms with E-state index in [-0.39, 0.29) is 21.9 Å². The summed E-state index contributed by atoms with van der Waals surface area (Å²) in [5, 5.41) is 9.81. The van der Waals surface area contributed by atoms with Crippen LogP contribution in [0.3, 0.4) is 0 Å². The molecule has 0 saturated heterocycles. The number of hydrogen-bond donors (Lipinski definition) is 2. The predicted octanol–water partition coefficient (Wildman–Crippen LogP) is 1.82. The summed E-state index contributed by atoms with van der Waals surface area (Å²) in [6.07, 6.45) is 0. The van der Waals surface area contributed by atoms with E-state index in [2.05, 4.69) is 39.0 Å². The third-order valence-corrected chi connectivity index (χ3v) is 6.06. The third kappa shape index (κ3) is 5.21. The summed E-state index contributed by atoms with van der Waals surface area (Å²) in [6.45, 7) is 7.46. The van der Waals surface area contributed by atoms with Gasteiger partial charge in [-0.3, -0.25) is 4.79 Å². The van der Waals surface area contributed by atoms with Crippen LogP contribution in [0.25, 0.3) is 0 Å². The summed E-state index contributed by atoms with van der Waals surface area (Å²) in [4.78, 5) is 13.2. The molecule has 2 rings (SSSR count). The number of benzene rings is 1. The molecule has 1 amide bonds. The molecule has 1 heterocycles. The van der Waals surface area contributed by atoms with Gasteiger partial charge < -0.3 is 10.2 Å². The van der Waals surface area contributed by atoms with Crippen molar-refractivity contribution in [3.8, 4) is 0 Å². The topological polar surface area (TPSA) is 104 Å². The second-order valence-electron chi connectivity index (χ2n) is 5.22. The van der Waals surface area contributed by atoms with Crippen LogP contribution in [0.5, 0.6) is 0 Å². The van der Waals surface area contributed by atoms with Gasteiger partial charge in [0.15, 0.2) is 0 Å². The van der Waals surface area contributed by atoms with Crippen LogP contribution < -0.4 is 14.9 Å². The molecule has 0 saturated carbocycles. The van der Waals surface area contributed by atoms with E-state index in [1.54, 1.807) is 0 Å². The molecule has 0 radical (unpaired) electrons. The Bertz CT molecular complexity index is 814. The van der Waals surface area contributed by atoms with Gasteiger partial charge in [0.1, 0.15) is 0 Å². The van der Waals surface area contributed by atoms with Crippen LogP contribution in [0, 0.1) is 0 Å². The van der Waals surface area contributed by atoms with Crippen molar-refractivity contribution in [3.05, 3.63) is 29.8 Å². The first-order chi connectivity index (χ1) is 11.9. The molecule has 0 atom stereocenters. The van der Waals surface area contributed by atoms with Crippen LogP contribution >= 0.6 is 11.3 Å². The van der Waals surface area contributed by atoms with Crippen molar-refractivity contribution in [2.24, 2.45) is 0 Å². The van der Waals surface area contributed by atoms with Gasteiger partial charge in [-0.25, -0.2) is 13.1 Å². The lowest BCUT2D eigenvalue weighted by Gasteiger charge is -2.21. The number of aromatic nitrogens is 2. The third-order valence-electron chi connectivity index (χ3n) is 3.45. The van der Waals surface area contributed by atoms with Gasteiger partial charge in [0.25, 0.3) is 10.0 Å². The predicted molar refractivity (Wildman–Crippen MR) is 98.2 cm³/mol. The zero-order valence-electron chi connectivity index (χ0n) is 14.3. The summed E-state index contributed by atoms with van der Waals surface area (Å²) >= 11 is 0.804. The first-order valence-corrected chi connectivity index (χ1v) is 10.1. The maximum atomic E-state index is 12.2.